The van der Waals surface area contributed by atoms with Gasteiger partial charge >= 0.3 is 12.3 Å². The van der Waals surface area contributed by atoms with Crippen molar-refractivity contribution < 1.29 is 28.5 Å². The summed E-state index contributed by atoms with van der Waals surface area (Å²) < 4.78 is 21.4. The third kappa shape index (κ3) is 7.83. The van der Waals surface area contributed by atoms with Crippen LogP contribution in [0.25, 0.3) is 0 Å². The molecule has 26 heavy (non-hydrogen) atoms. The predicted octanol–water partition coefficient (Wildman–Crippen LogP) is 5.37. The Labute approximate surface area is 156 Å². The largest absolute Gasteiger partial charge is 0.508 e. The number of rotatable bonds is 7. The highest BCUT2D eigenvalue weighted by atomic mass is 16.8. The molecule has 0 amide bonds. The molecule has 0 aromatic heterocycles. The van der Waals surface area contributed by atoms with Gasteiger partial charge in [0.15, 0.2) is 0 Å². The molecule has 2 fully saturated rings. The lowest BCUT2D eigenvalue weighted by molar-refractivity contribution is -0.0797. The molecular weight excluding hydrogens is 336 g/mol. The Hall–Kier alpha value is -1.46. The summed E-state index contributed by atoms with van der Waals surface area (Å²) in [5, 5.41) is 0. The third-order valence-corrected chi connectivity index (χ3v) is 5.10. The van der Waals surface area contributed by atoms with Crippen LogP contribution in [0.3, 0.4) is 0 Å². The second kappa shape index (κ2) is 11.3. The lowest BCUT2D eigenvalue weighted by atomic mass is 9.94. The molecule has 0 heterocycles. The van der Waals surface area contributed by atoms with Gasteiger partial charge in [-0.25, -0.2) is 9.59 Å². The molecule has 0 aliphatic heterocycles. The van der Waals surface area contributed by atoms with Crippen LogP contribution in [-0.2, 0) is 18.9 Å². The number of carbonyl (C=O) groups excluding carboxylic acids is 2. The molecule has 0 bridgehead atoms. The van der Waals surface area contributed by atoms with Crippen LogP contribution in [0.4, 0.5) is 9.59 Å². The molecule has 6 heteroatoms. The van der Waals surface area contributed by atoms with Crippen LogP contribution in [0, 0.1) is 5.92 Å². The summed E-state index contributed by atoms with van der Waals surface area (Å²) >= 11 is 0. The fourth-order valence-corrected chi connectivity index (χ4v) is 3.61. The molecule has 2 atom stereocenters. The minimum absolute atomic E-state index is 0.0369. The van der Waals surface area contributed by atoms with Crippen molar-refractivity contribution >= 4 is 12.3 Å². The number of carbonyl (C=O) groups is 2. The van der Waals surface area contributed by atoms with Crippen molar-refractivity contribution in [2.24, 2.45) is 5.92 Å². The molecule has 0 aromatic carbocycles. The Balaban J connectivity index is 1.71. The Kier molecular flexibility index (Phi) is 9.06. The highest BCUT2D eigenvalue weighted by molar-refractivity contribution is 5.61. The molecule has 2 aliphatic carbocycles. The third-order valence-electron chi connectivity index (χ3n) is 5.10. The molecule has 0 spiro atoms. The van der Waals surface area contributed by atoms with Gasteiger partial charge in [0.05, 0.1) is 6.61 Å². The van der Waals surface area contributed by atoms with E-state index < -0.39 is 24.5 Å². The monoisotopic (exact) mass is 370 g/mol. The smallest absolute Gasteiger partial charge is 0.434 e. The Morgan fingerprint density at radius 3 is 2.00 bits per heavy atom. The van der Waals surface area contributed by atoms with Gasteiger partial charge in [-0.15, -0.1) is 0 Å². The standard InChI is InChI=1S/C20H34O6/c1-15(2)9-8-14-23-19(21)25-17-12-6-7-13-18(17)26-20(22)24-16-10-4-3-5-11-16/h15-18H,3-14H2,1-2H3. The van der Waals surface area contributed by atoms with E-state index in [0.717, 1.165) is 51.4 Å². The van der Waals surface area contributed by atoms with Crippen molar-refractivity contribution in [1.82, 2.24) is 0 Å². The minimum atomic E-state index is -0.671. The van der Waals surface area contributed by atoms with Crippen LogP contribution in [0.15, 0.2) is 0 Å². The molecule has 0 saturated heterocycles. The molecule has 2 rings (SSSR count). The fraction of sp³-hybridized carbons (Fsp3) is 0.900. The lowest BCUT2D eigenvalue weighted by Gasteiger charge is -2.30. The van der Waals surface area contributed by atoms with E-state index in [2.05, 4.69) is 13.8 Å². The van der Waals surface area contributed by atoms with Crippen LogP contribution in [0.1, 0.15) is 84.5 Å². The van der Waals surface area contributed by atoms with Gasteiger partial charge in [-0.2, -0.15) is 0 Å². The average Bonchev–Trinajstić information content (AvgIpc) is 2.61. The van der Waals surface area contributed by atoms with Crippen molar-refractivity contribution in [2.45, 2.75) is 103 Å². The van der Waals surface area contributed by atoms with E-state index in [1.807, 2.05) is 0 Å². The Morgan fingerprint density at radius 1 is 0.808 bits per heavy atom. The molecule has 0 aromatic rings. The van der Waals surface area contributed by atoms with Gasteiger partial charge in [0.25, 0.3) is 0 Å². The van der Waals surface area contributed by atoms with Crippen LogP contribution in [0.5, 0.6) is 0 Å². The van der Waals surface area contributed by atoms with E-state index in [1.165, 1.54) is 6.42 Å². The average molecular weight is 370 g/mol. The van der Waals surface area contributed by atoms with E-state index in [9.17, 15) is 9.59 Å². The van der Waals surface area contributed by atoms with Crippen molar-refractivity contribution in [3.05, 3.63) is 0 Å². The molecule has 150 valence electrons. The SMILES string of the molecule is CC(C)CCCOC(=O)OC1CCCCC1OC(=O)OC1CCCCC1. The summed E-state index contributed by atoms with van der Waals surface area (Å²) in [6.07, 6.45) is 8.07. The molecule has 2 saturated carbocycles. The first-order valence-corrected chi connectivity index (χ1v) is 10.2. The number of hydrogen-bond acceptors (Lipinski definition) is 6. The van der Waals surface area contributed by atoms with Gasteiger partial charge in [0.1, 0.15) is 18.3 Å². The summed E-state index contributed by atoms with van der Waals surface area (Å²) in [6, 6.07) is 0. The van der Waals surface area contributed by atoms with Crippen LogP contribution < -0.4 is 0 Å². The molecule has 0 N–H and O–H groups in total. The maximum absolute atomic E-state index is 12.1. The molecule has 6 nitrogen and oxygen atoms in total. The number of ether oxygens (including phenoxy) is 4. The molecular formula is C20H34O6. The zero-order chi connectivity index (χ0) is 18.8. The summed E-state index contributed by atoms with van der Waals surface area (Å²) in [6.45, 7) is 4.63. The fourth-order valence-electron chi connectivity index (χ4n) is 3.61. The zero-order valence-electron chi connectivity index (χ0n) is 16.2. The van der Waals surface area contributed by atoms with Crippen LogP contribution >= 0.6 is 0 Å². The van der Waals surface area contributed by atoms with Crippen molar-refractivity contribution in [3.63, 3.8) is 0 Å². The lowest BCUT2D eigenvalue weighted by Crippen LogP contribution is -2.38. The van der Waals surface area contributed by atoms with Crippen LogP contribution in [-0.4, -0.2) is 37.2 Å². The predicted molar refractivity (Wildman–Crippen MR) is 97.0 cm³/mol. The van der Waals surface area contributed by atoms with Crippen molar-refractivity contribution in [2.75, 3.05) is 6.61 Å². The summed E-state index contributed by atoms with van der Waals surface area (Å²) in [4.78, 5) is 24.0. The van der Waals surface area contributed by atoms with Gasteiger partial charge < -0.3 is 18.9 Å². The first kappa shape index (κ1) is 20.8. The second-order valence-corrected chi connectivity index (χ2v) is 7.86. The zero-order valence-corrected chi connectivity index (χ0v) is 16.2. The van der Waals surface area contributed by atoms with Crippen LogP contribution in [0.2, 0.25) is 0 Å². The normalized spacial score (nSPS) is 24.1. The molecule has 2 unspecified atom stereocenters. The topological polar surface area (TPSA) is 71.1 Å². The maximum atomic E-state index is 12.1. The number of hydrogen-bond donors (Lipinski definition) is 0. The van der Waals surface area contributed by atoms with Gasteiger partial charge in [0.2, 0.25) is 0 Å². The highest BCUT2D eigenvalue weighted by Gasteiger charge is 2.33. The van der Waals surface area contributed by atoms with Gasteiger partial charge in [-0.05, 0) is 70.1 Å². The minimum Gasteiger partial charge on any atom is -0.434 e. The summed E-state index contributed by atoms with van der Waals surface area (Å²) in [7, 11) is 0. The van der Waals surface area contributed by atoms with Gasteiger partial charge in [-0.3, -0.25) is 0 Å². The van der Waals surface area contributed by atoms with E-state index in [0.29, 0.717) is 25.4 Å². The second-order valence-electron chi connectivity index (χ2n) is 7.86. The summed E-state index contributed by atoms with van der Waals surface area (Å²) in [5.41, 5.74) is 0. The van der Waals surface area contributed by atoms with E-state index in [-0.39, 0.29) is 6.10 Å². The van der Waals surface area contributed by atoms with E-state index >= 15 is 0 Å². The molecule has 2 aliphatic rings. The van der Waals surface area contributed by atoms with E-state index in [4.69, 9.17) is 18.9 Å². The van der Waals surface area contributed by atoms with Gasteiger partial charge in [-0.1, -0.05) is 20.3 Å². The van der Waals surface area contributed by atoms with Crippen molar-refractivity contribution in [1.29, 1.82) is 0 Å². The summed E-state index contributed by atoms with van der Waals surface area (Å²) in [5.74, 6) is 0.584. The van der Waals surface area contributed by atoms with Crippen molar-refractivity contribution in [3.8, 4) is 0 Å². The Bertz CT molecular complexity index is 430. The van der Waals surface area contributed by atoms with E-state index in [1.54, 1.807) is 0 Å². The van der Waals surface area contributed by atoms with Gasteiger partial charge in [0, 0.05) is 0 Å². The first-order chi connectivity index (χ1) is 12.5. The highest BCUT2D eigenvalue weighted by Crippen LogP contribution is 2.26. The maximum Gasteiger partial charge on any atom is 0.508 e. The first-order valence-electron chi connectivity index (χ1n) is 10.2. The molecule has 0 radical (unpaired) electrons. The quantitative estimate of drug-likeness (QED) is 0.443. The Morgan fingerprint density at radius 2 is 1.38 bits per heavy atom.